The summed E-state index contributed by atoms with van der Waals surface area (Å²) in [6, 6.07) is 12.3. The minimum atomic E-state index is 0.427. The number of aryl methyl sites for hydroxylation is 1. The maximum absolute atomic E-state index is 6.16. The number of rotatable bonds is 3. The number of para-hydroxylation sites is 1. The predicted molar refractivity (Wildman–Crippen MR) is 104 cm³/mol. The number of guanidine groups is 1. The zero-order chi connectivity index (χ0) is 17.8. The smallest absolute Gasteiger partial charge is 0.193 e. The number of hydrogen-bond acceptors (Lipinski definition) is 3. The van der Waals surface area contributed by atoms with E-state index in [0.717, 1.165) is 42.0 Å². The molecule has 0 saturated heterocycles. The Labute approximate surface area is 154 Å². The summed E-state index contributed by atoms with van der Waals surface area (Å²) in [5.74, 6) is 2.01. The molecular formula is C21H25N3O2. The Hall–Kier alpha value is -2.69. The summed E-state index contributed by atoms with van der Waals surface area (Å²) < 4.78 is 11.6. The van der Waals surface area contributed by atoms with Gasteiger partial charge in [0.05, 0.1) is 19.8 Å². The van der Waals surface area contributed by atoms with Crippen molar-refractivity contribution in [2.45, 2.75) is 38.6 Å². The Balaban J connectivity index is 1.50. The fourth-order valence-electron chi connectivity index (χ4n) is 3.62. The van der Waals surface area contributed by atoms with Crippen molar-refractivity contribution in [2.75, 3.05) is 18.5 Å². The highest BCUT2D eigenvalue weighted by Gasteiger charge is 2.15. The van der Waals surface area contributed by atoms with Crippen molar-refractivity contribution in [3.63, 3.8) is 0 Å². The van der Waals surface area contributed by atoms with Crippen LogP contribution in [-0.2, 0) is 19.4 Å². The molecular weight excluding hydrogens is 326 g/mol. The lowest BCUT2D eigenvalue weighted by Gasteiger charge is -2.20. The van der Waals surface area contributed by atoms with Gasteiger partial charge in [-0.3, -0.25) is 0 Å². The topological polar surface area (TPSA) is 68.9 Å². The minimum Gasteiger partial charge on any atom is -0.490 e. The molecule has 2 aliphatic rings. The van der Waals surface area contributed by atoms with Crippen LogP contribution in [0.25, 0.3) is 0 Å². The van der Waals surface area contributed by atoms with Crippen LogP contribution in [0.4, 0.5) is 5.69 Å². The standard InChI is InChI=1S/C21H25N3O2/c22-21(24-18-10-3-7-15-6-1-2-9-17(15)18)23-14-16-8-4-11-19-20(16)26-13-5-12-25-19/h3-4,7-8,10-11H,1-2,5-6,9,12-14H2,(H3,22,23,24). The molecule has 136 valence electrons. The second-order valence-corrected chi connectivity index (χ2v) is 6.77. The highest BCUT2D eigenvalue weighted by atomic mass is 16.5. The molecule has 0 aromatic heterocycles. The van der Waals surface area contributed by atoms with Crippen molar-refractivity contribution < 1.29 is 9.47 Å². The van der Waals surface area contributed by atoms with Crippen molar-refractivity contribution in [1.29, 1.82) is 0 Å². The Morgan fingerprint density at radius 2 is 1.85 bits per heavy atom. The van der Waals surface area contributed by atoms with Crippen molar-refractivity contribution in [1.82, 2.24) is 0 Å². The second kappa shape index (κ2) is 7.68. The van der Waals surface area contributed by atoms with Gasteiger partial charge in [-0.15, -0.1) is 0 Å². The molecule has 0 radical (unpaired) electrons. The Morgan fingerprint density at radius 1 is 1.00 bits per heavy atom. The first-order valence-corrected chi connectivity index (χ1v) is 9.36. The molecule has 0 fully saturated rings. The van der Waals surface area contributed by atoms with E-state index in [4.69, 9.17) is 15.2 Å². The fourth-order valence-corrected chi connectivity index (χ4v) is 3.62. The van der Waals surface area contributed by atoms with E-state index in [2.05, 4.69) is 28.5 Å². The summed E-state index contributed by atoms with van der Waals surface area (Å²) in [7, 11) is 0. The van der Waals surface area contributed by atoms with Gasteiger partial charge in [0.1, 0.15) is 0 Å². The molecule has 0 bridgehead atoms. The summed E-state index contributed by atoms with van der Waals surface area (Å²) in [6.45, 7) is 1.81. The number of ether oxygens (including phenoxy) is 2. The molecule has 1 aliphatic carbocycles. The third-order valence-corrected chi connectivity index (χ3v) is 4.93. The third-order valence-electron chi connectivity index (χ3n) is 4.93. The highest BCUT2D eigenvalue weighted by Crippen LogP contribution is 2.33. The first kappa shape index (κ1) is 16.8. The molecule has 5 heteroatoms. The number of nitrogens with zero attached hydrogens (tertiary/aromatic N) is 1. The molecule has 3 N–H and O–H groups in total. The van der Waals surface area contributed by atoms with Crippen LogP contribution in [0.2, 0.25) is 0 Å². The predicted octanol–water partition coefficient (Wildman–Crippen LogP) is 3.65. The third kappa shape index (κ3) is 3.62. The molecule has 0 spiro atoms. The van der Waals surface area contributed by atoms with E-state index < -0.39 is 0 Å². The lowest BCUT2D eigenvalue weighted by atomic mass is 9.90. The van der Waals surface area contributed by atoms with Crippen molar-refractivity contribution in [2.24, 2.45) is 10.7 Å². The van der Waals surface area contributed by atoms with E-state index in [1.54, 1.807) is 0 Å². The fraction of sp³-hybridized carbons (Fsp3) is 0.381. The molecule has 1 aliphatic heterocycles. The molecule has 2 aromatic rings. The maximum atomic E-state index is 6.16. The van der Waals surface area contributed by atoms with E-state index >= 15 is 0 Å². The SMILES string of the molecule is NC(=NCc1cccc2c1OCCCO2)Nc1cccc2c1CCCC2. The number of anilines is 1. The van der Waals surface area contributed by atoms with Gasteiger partial charge in [-0.25, -0.2) is 4.99 Å². The van der Waals surface area contributed by atoms with E-state index in [-0.39, 0.29) is 0 Å². The Kier molecular flexibility index (Phi) is 4.95. The van der Waals surface area contributed by atoms with Gasteiger partial charge < -0.3 is 20.5 Å². The van der Waals surface area contributed by atoms with Crippen LogP contribution in [0, 0.1) is 0 Å². The van der Waals surface area contributed by atoms with Crippen LogP contribution in [0.3, 0.4) is 0 Å². The van der Waals surface area contributed by atoms with E-state index in [0.29, 0.717) is 25.7 Å². The molecule has 1 heterocycles. The average Bonchev–Trinajstić information content (AvgIpc) is 2.92. The summed E-state index contributed by atoms with van der Waals surface area (Å²) in [6.07, 6.45) is 5.64. The van der Waals surface area contributed by atoms with Gasteiger partial charge in [0, 0.05) is 17.7 Å². The Bertz CT molecular complexity index is 817. The minimum absolute atomic E-state index is 0.427. The first-order valence-electron chi connectivity index (χ1n) is 9.36. The quantitative estimate of drug-likeness (QED) is 0.654. The summed E-state index contributed by atoms with van der Waals surface area (Å²) in [4.78, 5) is 4.53. The number of aliphatic imine (C=N–C) groups is 1. The van der Waals surface area contributed by atoms with Crippen molar-refractivity contribution in [3.8, 4) is 11.5 Å². The molecule has 26 heavy (non-hydrogen) atoms. The van der Waals surface area contributed by atoms with Crippen molar-refractivity contribution in [3.05, 3.63) is 53.1 Å². The van der Waals surface area contributed by atoms with Gasteiger partial charge in [-0.05, 0) is 48.9 Å². The molecule has 0 amide bonds. The first-order chi connectivity index (χ1) is 12.8. The maximum Gasteiger partial charge on any atom is 0.193 e. The average molecular weight is 351 g/mol. The lowest BCUT2D eigenvalue weighted by molar-refractivity contribution is 0.296. The van der Waals surface area contributed by atoms with Gasteiger partial charge in [-0.1, -0.05) is 24.3 Å². The van der Waals surface area contributed by atoms with Crippen LogP contribution in [0.5, 0.6) is 11.5 Å². The van der Waals surface area contributed by atoms with Crippen LogP contribution < -0.4 is 20.5 Å². The van der Waals surface area contributed by atoms with Gasteiger partial charge in [0.15, 0.2) is 17.5 Å². The van der Waals surface area contributed by atoms with E-state index in [1.807, 2.05) is 18.2 Å². The van der Waals surface area contributed by atoms with E-state index in [9.17, 15) is 0 Å². The number of hydrogen-bond donors (Lipinski definition) is 2. The molecule has 0 atom stereocenters. The Morgan fingerprint density at radius 3 is 2.81 bits per heavy atom. The highest BCUT2D eigenvalue weighted by molar-refractivity contribution is 5.93. The normalized spacial score (nSPS) is 16.5. The monoisotopic (exact) mass is 351 g/mol. The number of nitrogens with one attached hydrogen (secondary N) is 1. The molecule has 5 nitrogen and oxygen atoms in total. The number of nitrogens with two attached hydrogens (primary N) is 1. The van der Waals surface area contributed by atoms with Crippen LogP contribution in [-0.4, -0.2) is 19.2 Å². The zero-order valence-electron chi connectivity index (χ0n) is 15.0. The molecule has 0 unspecified atom stereocenters. The molecule has 4 rings (SSSR count). The van der Waals surface area contributed by atoms with Gasteiger partial charge in [0.25, 0.3) is 0 Å². The summed E-state index contributed by atoms with van der Waals surface area (Å²) >= 11 is 0. The molecule has 2 aromatic carbocycles. The van der Waals surface area contributed by atoms with Gasteiger partial charge >= 0.3 is 0 Å². The zero-order valence-corrected chi connectivity index (χ0v) is 15.0. The van der Waals surface area contributed by atoms with E-state index in [1.165, 1.54) is 24.0 Å². The summed E-state index contributed by atoms with van der Waals surface area (Å²) in [5, 5.41) is 3.29. The molecule has 0 saturated carbocycles. The van der Waals surface area contributed by atoms with Crippen LogP contribution in [0.1, 0.15) is 36.0 Å². The largest absolute Gasteiger partial charge is 0.490 e. The number of benzene rings is 2. The van der Waals surface area contributed by atoms with Crippen LogP contribution in [0.15, 0.2) is 41.4 Å². The summed E-state index contributed by atoms with van der Waals surface area (Å²) in [5.41, 5.74) is 11.0. The van der Waals surface area contributed by atoms with Crippen molar-refractivity contribution >= 4 is 11.6 Å². The second-order valence-electron chi connectivity index (χ2n) is 6.77. The van der Waals surface area contributed by atoms with Gasteiger partial charge in [-0.2, -0.15) is 0 Å². The number of fused-ring (bicyclic) bond motifs is 2. The lowest BCUT2D eigenvalue weighted by Crippen LogP contribution is -2.24. The van der Waals surface area contributed by atoms with Gasteiger partial charge in [0.2, 0.25) is 0 Å². The van der Waals surface area contributed by atoms with Crippen LogP contribution >= 0.6 is 0 Å².